The molecule has 1 amide bonds. The number of hydrogen-bond acceptors (Lipinski definition) is 3. The van der Waals surface area contributed by atoms with Gasteiger partial charge in [-0.15, -0.1) is 0 Å². The van der Waals surface area contributed by atoms with Crippen LogP contribution in [0, 0.1) is 5.92 Å². The van der Waals surface area contributed by atoms with E-state index in [2.05, 4.69) is 31.2 Å². The van der Waals surface area contributed by atoms with Crippen LogP contribution >= 0.6 is 0 Å². The van der Waals surface area contributed by atoms with E-state index in [1.54, 1.807) is 35.2 Å². The molecule has 5 nitrogen and oxygen atoms in total. The number of benzene rings is 2. The highest BCUT2D eigenvalue weighted by Crippen LogP contribution is 2.25. The van der Waals surface area contributed by atoms with Gasteiger partial charge in [0, 0.05) is 32.6 Å². The zero-order chi connectivity index (χ0) is 20.1. The fraction of sp³-hybridized carbons (Fsp3) is 0.409. The van der Waals surface area contributed by atoms with E-state index in [4.69, 9.17) is 0 Å². The third-order valence-electron chi connectivity index (χ3n) is 5.41. The molecule has 1 saturated heterocycles. The molecule has 6 heteroatoms. The first-order valence-corrected chi connectivity index (χ1v) is 11.2. The Bertz CT molecular complexity index is 887. The number of hydrogen-bond donors (Lipinski definition) is 0. The Kier molecular flexibility index (Phi) is 6.52. The Morgan fingerprint density at radius 1 is 1.00 bits per heavy atom. The molecule has 0 unspecified atom stereocenters. The normalized spacial score (nSPS) is 16.1. The van der Waals surface area contributed by atoms with Gasteiger partial charge in [-0.25, -0.2) is 8.42 Å². The van der Waals surface area contributed by atoms with Crippen molar-refractivity contribution in [3.8, 4) is 0 Å². The van der Waals surface area contributed by atoms with Gasteiger partial charge in [-0.3, -0.25) is 4.79 Å². The lowest BCUT2D eigenvalue weighted by Gasteiger charge is -2.32. The van der Waals surface area contributed by atoms with Crippen LogP contribution in [0.25, 0.3) is 0 Å². The second-order valence-electron chi connectivity index (χ2n) is 7.36. The summed E-state index contributed by atoms with van der Waals surface area (Å²) >= 11 is 0. The zero-order valence-electron chi connectivity index (χ0n) is 16.5. The topological polar surface area (TPSA) is 57.7 Å². The fourth-order valence-electron chi connectivity index (χ4n) is 3.63. The van der Waals surface area contributed by atoms with E-state index < -0.39 is 10.0 Å². The quantitative estimate of drug-likeness (QED) is 0.747. The van der Waals surface area contributed by atoms with Crippen molar-refractivity contribution >= 4 is 15.9 Å². The lowest BCUT2D eigenvalue weighted by molar-refractivity contribution is -0.135. The molecule has 1 fully saturated rings. The second kappa shape index (κ2) is 8.88. The smallest absolute Gasteiger partial charge is 0.243 e. The van der Waals surface area contributed by atoms with Crippen LogP contribution in [0.1, 0.15) is 30.9 Å². The molecule has 0 N–H and O–H groups in total. The predicted octanol–water partition coefficient (Wildman–Crippen LogP) is 3.31. The van der Waals surface area contributed by atoms with Gasteiger partial charge in [0.15, 0.2) is 0 Å². The maximum atomic E-state index is 12.8. The van der Waals surface area contributed by atoms with Crippen molar-refractivity contribution in [2.75, 3.05) is 20.1 Å². The van der Waals surface area contributed by atoms with Crippen LogP contribution in [0.2, 0.25) is 0 Å². The minimum Gasteiger partial charge on any atom is -0.341 e. The maximum absolute atomic E-state index is 12.8. The third-order valence-corrected chi connectivity index (χ3v) is 7.32. The van der Waals surface area contributed by atoms with Gasteiger partial charge in [0.05, 0.1) is 4.90 Å². The van der Waals surface area contributed by atoms with E-state index in [1.807, 2.05) is 7.05 Å². The lowest BCUT2D eigenvalue weighted by atomic mass is 9.96. The van der Waals surface area contributed by atoms with E-state index in [1.165, 1.54) is 9.87 Å². The van der Waals surface area contributed by atoms with Crippen molar-refractivity contribution in [3.63, 3.8) is 0 Å². The van der Waals surface area contributed by atoms with Gasteiger partial charge >= 0.3 is 0 Å². The number of aryl methyl sites for hydroxylation is 1. The molecule has 1 aliphatic heterocycles. The molecule has 0 aromatic heterocycles. The second-order valence-corrected chi connectivity index (χ2v) is 9.29. The summed E-state index contributed by atoms with van der Waals surface area (Å²) in [5.41, 5.74) is 2.39. The first-order valence-electron chi connectivity index (χ1n) is 9.80. The summed E-state index contributed by atoms with van der Waals surface area (Å²) in [5, 5.41) is 0. The Morgan fingerprint density at radius 2 is 1.57 bits per heavy atom. The van der Waals surface area contributed by atoms with E-state index in [0.717, 1.165) is 12.0 Å². The Labute approximate surface area is 168 Å². The highest BCUT2D eigenvalue weighted by atomic mass is 32.2. The highest BCUT2D eigenvalue weighted by Gasteiger charge is 2.33. The summed E-state index contributed by atoms with van der Waals surface area (Å²) in [7, 11) is -1.66. The fourth-order valence-corrected chi connectivity index (χ4v) is 5.12. The predicted molar refractivity (Wildman–Crippen MR) is 110 cm³/mol. The number of rotatable bonds is 6. The summed E-state index contributed by atoms with van der Waals surface area (Å²) in [6, 6.07) is 16.8. The number of nitrogens with zero attached hydrogens (tertiary/aromatic N) is 2. The van der Waals surface area contributed by atoms with Gasteiger partial charge < -0.3 is 4.90 Å². The molecule has 2 aromatic carbocycles. The third kappa shape index (κ3) is 4.62. The summed E-state index contributed by atoms with van der Waals surface area (Å²) < 4.78 is 26.9. The number of piperidine rings is 1. The number of carbonyl (C=O) groups excluding carboxylic acids is 1. The van der Waals surface area contributed by atoms with Crippen LogP contribution < -0.4 is 0 Å². The lowest BCUT2D eigenvalue weighted by Crippen LogP contribution is -2.43. The molecule has 0 radical (unpaired) electrons. The number of carbonyl (C=O) groups is 1. The first-order chi connectivity index (χ1) is 13.4. The van der Waals surface area contributed by atoms with Crippen molar-refractivity contribution in [3.05, 3.63) is 65.7 Å². The van der Waals surface area contributed by atoms with E-state index in [0.29, 0.717) is 37.4 Å². The molecule has 0 atom stereocenters. The van der Waals surface area contributed by atoms with Crippen molar-refractivity contribution in [1.29, 1.82) is 0 Å². The van der Waals surface area contributed by atoms with Crippen molar-refractivity contribution < 1.29 is 13.2 Å². The molecule has 1 aliphatic rings. The van der Waals surface area contributed by atoms with Crippen LogP contribution in [0.5, 0.6) is 0 Å². The van der Waals surface area contributed by atoms with Crippen LogP contribution in [-0.2, 0) is 27.8 Å². The summed E-state index contributed by atoms with van der Waals surface area (Å²) in [6.45, 7) is 3.46. The monoisotopic (exact) mass is 400 g/mol. The van der Waals surface area contributed by atoms with Crippen LogP contribution in [0.15, 0.2) is 59.5 Å². The average Bonchev–Trinajstić information content (AvgIpc) is 2.74. The summed E-state index contributed by atoms with van der Waals surface area (Å²) in [6.07, 6.45) is 2.12. The molecule has 150 valence electrons. The van der Waals surface area contributed by atoms with Crippen molar-refractivity contribution in [2.45, 2.75) is 37.6 Å². The van der Waals surface area contributed by atoms with E-state index in [9.17, 15) is 13.2 Å². The largest absolute Gasteiger partial charge is 0.341 e. The van der Waals surface area contributed by atoms with Gasteiger partial charge in [-0.1, -0.05) is 49.4 Å². The van der Waals surface area contributed by atoms with Crippen LogP contribution in [0.4, 0.5) is 0 Å². The molecular weight excluding hydrogens is 372 g/mol. The Balaban J connectivity index is 1.57. The molecule has 3 rings (SSSR count). The van der Waals surface area contributed by atoms with Crippen LogP contribution in [-0.4, -0.2) is 43.7 Å². The van der Waals surface area contributed by atoms with Gasteiger partial charge in [-0.05, 0) is 42.5 Å². The maximum Gasteiger partial charge on any atom is 0.243 e. The molecule has 0 aliphatic carbocycles. The zero-order valence-corrected chi connectivity index (χ0v) is 17.4. The first kappa shape index (κ1) is 20.6. The highest BCUT2D eigenvalue weighted by molar-refractivity contribution is 7.89. The molecule has 28 heavy (non-hydrogen) atoms. The summed E-state index contributed by atoms with van der Waals surface area (Å²) in [5.74, 6) is -0.0292. The van der Waals surface area contributed by atoms with Gasteiger partial charge in [0.25, 0.3) is 0 Å². The molecule has 0 bridgehead atoms. The summed E-state index contributed by atoms with van der Waals surface area (Å²) in [4.78, 5) is 14.9. The Morgan fingerprint density at radius 3 is 2.14 bits per heavy atom. The van der Waals surface area contributed by atoms with E-state index in [-0.39, 0.29) is 11.8 Å². The SMILES string of the molecule is CCc1ccc(CN(C)C(=O)C2CCN(S(=O)(=O)c3ccccc3)CC2)cc1. The minimum absolute atomic E-state index is 0.0938. The van der Waals surface area contributed by atoms with Crippen molar-refractivity contribution in [2.24, 2.45) is 5.92 Å². The van der Waals surface area contributed by atoms with Crippen LogP contribution in [0.3, 0.4) is 0 Å². The Hall–Kier alpha value is -2.18. The van der Waals surface area contributed by atoms with Gasteiger partial charge in [0.2, 0.25) is 15.9 Å². The molecule has 1 heterocycles. The molecule has 0 spiro atoms. The number of amides is 1. The van der Waals surface area contributed by atoms with Gasteiger partial charge in [-0.2, -0.15) is 4.31 Å². The molecule has 2 aromatic rings. The average molecular weight is 401 g/mol. The minimum atomic E-state index is -3.48. The molecule has 0 saturated carbocycles. The van der Waals surface area contributed by atoms with E-state index >= 15 is 0 Å². The van der Waals surface area contributed by atoms with Crippen molar-refractivity contribution in [1.82, 2.24) is 9.21 Å². The standard InChI is InChI=1S/C22H28N2O3S/c1-3-18-9-11-19(12-10-18)17-23(2)22(25)20-13-15-24(16-14-20)28(26,27)21-7-5-4-6-8-21/h4-12,20H,3,13-17H2,1-2H3. The van der Waals surface area contributed by atoms with Gasteiger partial charge in [0.1, 0.15) is 0 Å². The number of sulfonamides is 1. The molecular formula is C22H28N2O3S.